The highest BCUT2D eigenvalue weighted by atomic mass is 35.7. The fourth-order valence-corrected chi connectivity index (χ4v) is 2.49. The van der Waals surface area contributed by atoms with Gasteiger partial charge >= 0.3 is 0 Å². The lowest BCUT2D eigenvalue weighted by Gasteiger charge is -2.16. The topological polar surface area (TPSA) is 43.4 Å². The number of benzene rings is 1. The van der Waals surface area contributed by atoms with Gasteiger partial charge < -0.3 is 4.74 Å². The summed E-state index contributed by atoms with van der Waals surface area (Å²) in [5.74, 6) is 0.824. The molecule has 1 unspecified atom stereocenters. The minimum absolute atomic E-state index is 0.0893. The Balaban J connectivity index is 3.17. The largest absolute Gasteiger partial charge is 0.489 e. The Labute approximate surface area is 130 Å². The second-order valence-corrected chi connectivity index (χ2v) is 7.48. The van der Waals surface area contributed by atoms with Gasteiger partial charge in [0.15, 0.2) is 0 Å². The lowest BCUT2D eigenvalue weighted by Crippen LogP contribution is -2.04. The van der Waals surface area contributed by atoms with E-state index in [2.05, 4.69) is 0 Å². The van der Waals surface area contributed by atoms with E-state index in [1.54, 1.807) is 12.1 Å². The van der Waals surface area contributed by atoms with E-state index in [1.165, 1.54) is 11.6 Å². The highest BCUT2D eigenvalue weighted by Crippen LogP contribution is 2.32. The molecule has 1 aromatic carbocycles. The van der Waals surface area contributed by atoms with Gasteiger partial charge in [0.05, 0.1) is 4.90 Å². The van der Waals surface area contributed by atoms with Crippen molar-refractivity contribution in [1.29, 1.82) is 0 Å². The molecule has 1 rings (SSSR count). The van der Waals surface area contributed by atoms with Crippen LogP contribution in [0.3, 0.4) is 0 Å². The summed E-state index contributed by atoms with van der Waals surface area (Å²) in [6.07, 6.45) is 0.868. The summed E-state index contributed by atoms with van der Waals surface area (Å²) in [6, 6.07) is 4.66. The molecule has 1 aromatic rings. The molecule has 0 saturated heterocycles. The van der Waals surface area contributed by atoms with Gasteiger partial charge in [0.25, 0.3) is 9.05 Å². The standard InChI is InChI=1S/C14H18Cl2O3S/c1-4-11(3)13-7-12(20(16,17)18)5-6-14(13)19-9-10(2)8-15/h5-8,11H,4,9H2,1-3H3/b10-8+. The van der Waals surface area contributed by atoms with E-state index in [-0.39, 0.29) is 10.8 Å². The smallest absolute Gasteiger partial charge is 0.261 e. The minimum atomic E-state index is -3.74. The van der Waals surface area contributed by atoms with Crippen molar-refractivity contribution in [3.05, 3.63) is 34.9 Å². The minimum Gasteiger partial charge on any atom is -0.489 e. The van der Waals surface area contributed by atoms with Crippen molar-refractivity contribution in [3.63, 3.8) is 0 Å². The van der Waals surface area contributed by atoms with Crippen molar-refractivity contribution in [2.24, 2.45) is 0 Å². The molecule has 0 aliphatic carbocycles. The Bertz CT molecular complexity index is 594. The van der Waals surface area contributed by atoms with Crippen LogP contribution >= 0.6 is 22.3 Å². The van der Waals surface area contributed by atoms with Gasteiger partial charge in [0, 0.05) is 16.2 Å². The van der Waals surface area contributed by atoms with Crippen molar-refractivity contribution < 1.29 is 13.2 Å². The number of halogens is 2. The summed E-state index contributed by atoms with van der Waals surface area (Å²) in [7, 11) is 1.65. The van der Waals surface area contributed by atoms with Crippen molar-refractivity contribution in [2.75, 3.05) is 6.61 Å². The SMILES string of the molecule is CCC(C)c1cc(S(=O)(=O)Cl)ccc1OC/C(C)=C/Cl. The third-order valence-electron chi connectivity index (χ3n) is 3.05. The zero-order valence-corrected chi connectivity index (χ0v) is 14.0. The van der Waals surface area contributed by atoms with Crippen LogP contribution in [0.1, 0.15) is 38.7 Å². The van der Waals surface area contributed by atoms with Crippen LogP contribution < -0.4 is 4.74 Å². The van der Waals surface area contributed by atoms with Gasteiger partial charge in [0.1, 0.15) is 12.4 Å². The van der Waals surface area contributed by atoms with E-state index in [4.69, 9.17) is 27.0 Å². The molecule has 6 heteroatoms. The molecular formula is C14H18Cl2O3S. The average molecular weight is 337 g/mol. The zero-order chi connectivity index (χ0) is 15.3. The Hall–Kier alpha value is -0.710. The van der Waals surface area contributed by atoms with Gasteiger partial charge in [-0.15, -0.1) is 0 Å². The predicted molar refractivity (Wildman–Crippen MR) is 83.3 cm³/mol. The first-order chi connectivity index (χ1) is 9.29. The average Bonchev–Trinajstić information content (AvgIpc) is 2.42. The maximum Gasteiger partial charge on any atom is 0.261 e. The number of hydrogen-bond donors (Lipinski definition) is 0. The van der Waals surface area contributed by atoms with Crippen LogP contribution in [0.15, 0.2) is 34.2 Å². The van der Waals surface area contributed by atoms with Gasteiger partial charge in [-0.3, -0.25) is 0 Å². The van der Waals surface area contributed by atoms with Gasteiger partial charge in [-0.1, -0.05) is 25.4 Å². The Morgan fingerprint density at radius 3 is 2.60 bits per heavy atom. The molecule has 0 heterocycles. The van der Waals surface area contributed by atoms with Crippen LogP contribution in [0.4, 0.5) is 0 Å². The summed E-state index contributed by atoms with van der Waals surface area (Å²) in [5, 5.41) is 0. The van der Waals surface area contributed by atoms with Crippen LogP contribution in [0, 0.1) is 0 Å². The Morgan fingerprint density at radius 2 is 2.10 bits per heavy atom. The van der Waals surface area contributed by atoms with Crippen LogP contribution in [-0.4, -0.2) is 15.0 Å². The van der Waals surface area contributed by atoms with Crippen LogP contribution in [-0.2, 0) is 9.05 Å². The number of ether oxygens (including phenoxy) is 1. The predicted octanol–water partition coefficient (Wildman–Crippen LogP) is 4.65. The molecule has 1 atom stereocenters. The maximum absolute atomic E-state index is 11.4. The molecule has 20 heavy (non-hydrogen) atoms. The fraction of sp³-hybridized carbons (Fsp3) is 0.429. The second-order valence-electron chi connectivity index (χ2n) is 4.69. The van der Waals surface area contributed by atoms with E-state index in [9.17, 15) is 8.42 Å². The first-order valence-electron chi connectivity index (χ1n) is 6.26. The van der Waals surface area contributed by atoms with Crippen molar-refractivity contribution >= 4 is 31.3 Å². The third kappa shape index (κ3) is 4.69. The molecule has 0 bridgehead atoms. The first kappa shape index (κ1) is 17.3. The van der Waals surface area contributed by atoms with Gasteiger partial charge in [-0.25, -0.2) is 8.42 Å². The molecule has 0 radical (unpaired) electrons. The summed E-state index contributed by atoms with van der Waals surface area (Å²) >= 11 is 5.59. The lowest BCUT2D eigenvalue weighted by atomic mass is 9.98. The van der Waals surface area contributed by atoms with Gasteiger partial charge in [-0.05, 0) is 48.6 Å². The van der Waals surface area contributed by atoms with E-state index in [0.29, 0.717) is 12.4 Å². The zero-order valence-electron chi connectivity index (χ0n) is 11.7. The van der Waals surface area contributed by atoms with Gasteiger partial charge in [0.2, 0.25) is 0 Å². The third-order valence-corrected chi connectivity index (χ3v) is 4.77. The summed E-state index contributed by atoms with van der Waals surface area (Å²) < 4.78 is 28.5. The maximum atomic E-state index is 11.4. The van der Waals surface area contributed by atoms with E-state index in [1.807, 2.05) is 20.8 Å². The van der Waals surface area contributed by atoms with E-state index in [0.717, 1.165) is 17.6 Å². The molecule has 0 fully saturated rings. The van der Waals surface area contributed by atoms with E-state index < -0.39 is 9.05 Å². The molecule has 0 aromatic heterocycles. The number of rotatable bonds is 6. The normalized spacial score (nSPS) is 14.2. The molecule has 0 N–H and O–H groups in total. The molecule has 0 spiro atoms. The van der Waals surface area contributed by atoms with Crippen molar-refractivity contribution in [2.45, 2.75) is 38.0 Å². The Morgan fingerprint density at radius 1 is 1.45 bits per heavy atom. The van der Waals surface area contributed by atoms with Gasteiger partial charge in [-0.2, -0.15) is 0 Å². The van der Waals surface area contributed by atoms with Crippen LogP contribution in [0.25, 0.3) is 0 Å². The molecule has 0 amide bonds. The van der Waals surface area contributed by atoms with Crippen LogP contribution in [0.2, 0.25) is 0 Å². The van der Waals surface area contributed by atoms with Crippen LogP contribution in [0.5, 0.6) is 5.75 Å². The molecule has 0 saturated carbocycles. The monoisotopic (exact) mass is 336 g/mol. The highest BCUT2D eigenvalue weighted by Gasteiger charge is 2.17. The lowest BCUT2D eigenvalue weighted by molar-refractivity contribution is 0.346. The second kappa shape index (κ2) is 7.34. The molecule has 3 nitrogen and oxygen atoms in total. The fourth-order valence-electron chi connectivity index (χ4n) is 1.64. The summed E-state index contributed by atoms with van der Waals surface area (Å²) in [5.41, 5.74) is 3.17. The van der Waals surface area contributed by atoms with E-state index >= 15 is 0 Å². The first-order valence-corrected chi connectivity index (χ1v) is 9.01. The molecule has 112 valence electrons. The quantitative estimate of drug-likeness (QED) is 0.710. The summed E-state index contributed by atoms with van der Waals surface area (Å²) in [4.78, 5) is 0.0893. The Kier molecular flexibility index (Phi) is 6.37. The van der Waals surface area contributed by atoms with Crippen molar-refractivity contribution in [3.8, 4) is 5.75 Å². The molecule has 0 aliphatic heterocycles. The van der Waals surface area contributed by atoms with Crippen molar-refractivity contribution in [1.82, 2.24) is 0 Å². The number of hydrogen-bond acceptors (Lipinski definition) is 3. The highest BCUT2D eigenvalue weighted by molar-refractivity contribution is 8.13. The summed E-state index contributed by atoms with van der Waals surface area (Å²) in [6.45, 7) is 6.25. The molecule has 0 aliphatic rings. The molecular weight excluding hydrogens is 319 g/mol.